The van der Waals surface area contributed by atoms with Crippen molar-refractivity contribution in [2.75, 3.05) is 31.6 Å². The van der Waals surface area contributed by atoms with Crippen LogP contribution in [0.1, 0.15) is 18.4 Å². The summed E-state index contributed by atoms with van der Waals surface area (Å²) in [5.41, 5.74) is 8.02. The van der Waals surface area contributed by atoms with Gasteiger partial charge in [-0.15, -0.1) is 0 Å². The maximum Gasteiger partial charge on any atom is 0.240 e. The average Bonchev–Trinajstić information content (AvgIpc) is 2.41. The lowest BCUT2D eigenvalue weighted by molar-refractivity contribution is -0.119. The molecule has 0 aromatic heterocycles. The van der Waals surface area contributed by atoms with Gasteiger partial charge in [-0.3, -0.25) is 9.69 Å². The lowest BCUT2D eigenvalue weighted by Gasteiger charge is -2.30. The summed E-state index contributed by atoms with van der Waals surface area (Å²) in [5.74, 6) is 0.138. The van der Waals surface area contributed by atoms with E-state index in [4.69, 9.17) is 5.73 Å². The van der Waals surface area contributed by atoms with Crippen LogP contribution >= 0.6 is 0 Å². The molecule has 1 saturated heterocycles. The van der Waals surface area contributed by atoms with Crippen molar-refractivity contribution in [1.29, 1.82) is 0 Å². The first-order valence-electron chi connectivity index (χ1n) is 6.87. The molecule has 1 amide bonds. The van der Waals surface area contributed by atoms with E-state index >= 15 is 0 Å². The molecule has 1 aliphatic heterocycles. The molecule has 1 aliphatic rings. The minimum absolute atomic E-state index is 0.138. The van der Waals surface area contributed by atoms with Crippen LogP contribution in [0.15, 0.2) is 24.3 Å². The Morgan fingerprint density at radius 2 is 1.89 bits per heavy atom. The van der Waals surface area contributed by atoms with Gasteiger partial charge in [-0.1, -0.05) is 17.7 Å². The molecule has 0 bridgehead atoms. The fourth-order valence-electron chi connectivity index (χ4n) is 2.32. The largest absolute Gasteiger partial charge is 0.328 e. The molecule has 0 saturated carbocycles. The summed E-state index contributed by atoms with van der Waals surface area (Å²) in [6.07, 6.45) is 1.98. The second kappa shape index (κ2) is 6.17. The highest BCUT2D eigenvalue weighted by Gasteiger charge is 2.20. The maximum atomic E-state index is 12.2. The average molecular weight is 261 g/mol. The molecule has 0 radical (unpaired) electrons. The normalized spacial score (nSPS) is 17.4. The van der Waals surface area contributed by atoms with Crippen molar-refractivity contribution in [3.05, 3.63) is 29.8 Å². The Labute approximate surface area is 115 Å². The van der Waals surface area contributed by atoms with Gasteiger partial charge >= 0.3 is 0 Å². The van der Waals surface area contributed by atoms with Crippen molar-refractivity contribution in [1.82, 2.24) is 4.90 Å². The Hall–Kier alpha value is -1.39. The molecular formula is C15H23N3O. The van der Waals surface area contributed by atoms with E-state index in [1.807, 2.05) is 38.2 Å². The minimum Gasteiger partial charge on any atom is -0.328 e. The van der Waals surface area contributed by atoms with Gasteiger partial charge in [0.05, 0.1) is 6.54 Å². The van der Waals surface area contributed by atoms with Gasteiger partial charge in [0.1, 0.15) is 0 Å². The fraction of sp³-hybridized carbons (Fsp3) is 0.533. The van der Waals surface area contributed by atoms with Crippen molar-refractivity contribution in [2.24, 2.45) is 5.73 Å². The first-order chi connectivity index (χ1) is 9.06. The number of benzene rings is 1. The smallest absolute Gasteiger partial charge is 0.240 e. The molecule has 2 rings (SSSR count). The van der Waals surface area contributed by atoms with Gasteiger partial charge in [-0.2, -0.15) is 0 Å². The van der Waals surface area contributed by atoms with E-state index in [1.54, 1.807) is 4.90 Å². The highest BCUT2D eigenvalue weighted by atomic mass is 16.2. The van der Waals surface area contributed by atoms with E-state index in [1.165, 1.54) is 5.56 Å². The van der Waals surface area contributed by atoms with Gasteiger partial charge in [0.25, 0.3) is 0 Å². The third kappa shape index (κ3) is 3.78. The number of hydrogen-bond donors (Lipinski definition) is 1. The summed E-state index contributed by atoms with van der Waals surface area (Å²) in [7, 11) is 1.84. The van der Waals surface area contributed by atoms with Crippen LogP contribution in [0.5, 0.6) is 0 Å². The number of anilines is 1. The fourth-order valence-corrected chi connectivity index (χ4v) is 2.32. The molecule has 1 heterocycles. The predicted molar refractivity (Wildman–Crippen MR) is 78.2 cm³/mol. The van der Waals surface area contributed by atoms with Crippen LogP contribution < -0.4 is 10.6 Å². The zero-order valence-corrected chi connectivity index (χ0v) is 11.8. The van der Waals surface area contributed by atoms with Crippen LogP contribution in [0.25, 0.3) is 0 Å². The van der Waals surface area contributed by atoms with E-state index in [0.717, 1.165) is 31.6 Å². The summed E-state index contributed by atoms with van der Waals surface area (Å²) in [4.78, 5) is 16.2. The van der Waals surface area contributed by atoms with Crippen molar-refractivity contribution < 1.29 is 4.79 Å². The SMILES string of the molecule is Cc1ccc(N(C)C(=O)CN2CCC(N)CC2)cc1. The number of likely N-dealkylation sites (tertiary alicyclic amines) is 1. The number of nitrogens with two attached hydrogens (primary N) is 1. The molecule has 0 aliphatic carbocycles. The van der Waals surface area contributed by atoms with Gasteiger partial charge in [-0.05, 0) is 31.9 Å². The Morgan fingerprint density at radius 1 is 1.32 bits per heavy atom. The molecule has 104 valence electrons. The van der Waals surface area contributed by atoms with Crippen LogP contribution in [0.2, 0.25) is 0 Å². The second-order valence-electron chi connectivity index (χ2n) is 5.40. The third-order valence-electron chi connectivity index (χ3n) is 3.79. The number of aryl methyl sites for hydroxylation is 1. The lowest BCUT2D eigenvalue weighted by Crippen LogP contribution is -2.45. The van der Waals surface area contributed by atoms with E-state index < -0.39 is 0 Å². The molecule has 0 unspecified atom stereocenters. The maximum absolute atomic E-state index is 12.2. The third-order valence-corrected chi connectivity index (χ3v) is 3.79. The van der Waals surface area contributed by atoms with Crippen molar-refractivity contribution >= 4 is 11.6 Å². The second-order valence-corrected chi connectivity index (χ2v) is 5.40. The molecule has 2 N–H and O–H groups in total. The first kappa shape index (κ1) is 14.0. The number of carbonyl (C=O) groups is 1. The Kier molecular flexibility index (Phi) is 4.56. The number of amides is 1. The molecule has 19 heavy (non-hydrogen) atoms. The van der Waals surface area contributed by atoms with Crippen LogP contribution in [0, 0.1) is 6.92 Å². The summed E-state index contributed by atoms with van der Waals surface area (Å²) in [6, 6.07) is 8.33. The van der Waals surface area contributed by atoms with Gasteiger partial charge in [0.2, 0.25) is 5.91 Å². The molecule has 1 aromatic rings. The Bertz CT molecular complexity index is 422. The lowest BCUT2D eigenvalue weighted by atomic mass is 10.1. The summed E-state index contributed by atoms with van der Waals surface area (Å²) < 4.78 is 0. The van der Waals surface area contributed by atoms with E-state index in [2.05, 4.69) is 4.90 Å². The number of likely N-dealkylation sites (N-methyl/N-ethyl adjacent to an activating group) is 1. The van der Waals surface area contributed by atoms with Gasteiger partial charge in [0, 0.05) is 31.9 Å². The number of piperidine rings is 1. The molecule has 0 spiro atoms. The molecule has 1 fully saturated rings. The number of rotatable bonds is 3. The number of carbonyl (C=O) groups excluding carboxylic acids is 1. The predicted octanol–water partition coefficient (Wildman–Crippen LogP) is 1.38. The standard InChI is InChI=1S/C15H23N3O/c1-12-3-5-14(6-4-12)17(2)15(19)11-18-9-7-13(16)8-10-18/h3-6,13H,7-11,16H2,1-2H3. The van der Waals surface area contributed by atoms with E-state index in [9.17, 15) is 4.79 Å². The molecule has 0 atom stereocenters. The van der Waals surface area contributed by atoms with Gasteiger partial charge < -0.3 is 10.6 Å². The van der Waals surface area contributed by atoms with Crippen LogP contribution in [-0.4, -0.2) is 43.5 Å². The molecule has 4 nitrogen and oxygen atoms in total. The topological polar surface area (TPSA) is 49.6 Å². The number of hydrogen-bond acceptors (Lipinski definition) is 3. The van der Waals surface area contributed by atoms with Crippen molar-refractivity contribution in [3.8, 4) is 0 Å². The van der Waals surface area contributed by atoms with Crippen LogP contribution in [-0.2, 0) is 4.79 Å². The highest BCUT2D eigenvalue weighted by molar-refractivity contribution is 5.94. The zero-order valence-electron chi connectivity index (χ0n) is 11.8. The number of nitrogens with zero attached hydrogens (tertiary/aromatic N) is 2. The zero-order chi connectivity index (χ0) is 13.8. The quantitative estimate of drug-likeness (QED) is 0.894. The van der Waals surface area contributed by atoms with Crippen LogP contribution in [0.3, 0.4) is 0 Å². The summed E-state index contributed by atoms with van der Waals surface area (Å²) >= 11 is 0. The van der Waals surface area contributed by atoms with Gasteiger partial charge in [0.15, 0.2) is 0 Å². The summed E-state index contributed by atoms with van der Waals surface area (Å²) in [6.45, 7) is 4.38. The molecule has 1 aromatic carbocycles. The van der Waals surface area contributed by atoms with Crippen molar-refractivity contribution in [2.45, 2.75) is 25.8 Å². The molecular weight excluding hydrogens is 238 g/mol. The molecule has 4 heteroatoms. The minimum atomic E-state index is 0.138. The van der Waals surface area contributed by atoms with E-state index in [0.29, 0.717) is 12.6 Å². The first-order valence-corrected chi connectivity index (χ1v) is 6.87. The van der Waals surface area contributed by atoms with Crippen LogP contribution in [0.4, 0.5) is 5.69 Å². The Balaban J connectivity index is 1.90. The van der Waals surface area contributed by atoms with Crippen molar-refractivity contribution in [3.63, 3.8) is 0 Å². The summed E-state index contributed by atoms with van der Waals surface area (Å²) in [5, 5.41) is 0. The van der Waals surface area contributed by atoms with E-state index in [-0.39, 0.29) is 5.91 Å². The van der Waals surface area contributed by atoms with Gasteiger partial charge in [-0.25, -0.2) is 0 Å². The monoisotopic (exact) mass is 261 g/mol. The Morgan fingerprint density at radius 3 is 2.47 bits per heavy atom. The highest BCUT2D eigenvalue weighted by Crippen LogP contribution is 2.14.